The van der Waals surface area contributed by atoms with Gasteiger partial charge in [0.15, 0.2) is 5.82 Å². The number of benzene rings is 1. The van der Waals surface area contributed by atoms with E-state index in [1.54, 1.807) is 12.5 Å². The Kier molecular flexibility index (Phi) is 2.61. The van der Waals surface area contributed by atoms with Crippen LogP contribution in [0.25, 0.3) is 22.8 Å². The number of imidazole rings is 1. The molecule has 0 fully saturated rings. The van der Waals surface area contributed by atoms with Crippen molar-refractivity contribution < 1.29 is 0 Å². The van der Waals surface area contributed by atoms with Gasteiger partial charge in [-0.05, 0) is 25.1 Å². The van der Waals surface area contributed by atoms with Crippen molar-refractivity contribution in [2.75, 3.05) is 0 Å². The third-order valence-corrected chi connectivity index (χ3v) is 2.67. The van der Waals surface area contributed by atoms with E-state index in [-0.39, 0.29) is 0 Å². The molecule has 2 aromatic heterocycles. The van der Waals surface area contributed by atoms with Crippen LogP contribution in [0.4, 0.5) is 0 Å². The van der Waals surface area contributed by atoms with Gasteiger partial charge in [-0.1, -0.05) is 18.2 Å². The van der Waals surface area contributed by atoms with Crippen molar-refractivity contribution in [1.29, 1.82) is 0 Å². The zero-order valence-corrected chi connectivity index (χ0v) is 9.99. The molecule has 0 spiro atoms. The quantitative estimate of drug-likeness (QED) is 0.687. The van der Waals surface area contributed by atoms with Gasteiger partial charge in [-0.15, -0.1) is 0 Å². The first-order valence-corrected chi connectivity index (χ1v) is 5.76. The van der Waals surface area contributed by atoms with Crippen LogP contribution in [0.2, 0.25) is 0 Å². The fourth-order valence-corrected chi connectivity index (χ4v) is 1.88. The first-order chi connectivity index (χ1) is 8.88. The number of nitrogens with zero attached hydrogens (tertiary/aromatic N) is 4. The largest absolute Gasteiger partial charge is 0.290 e. The summed E-state index contributed by atoms with van der Waals surface area (Å²) < 4.78 is 1.90. The summed E-state index contributed by atoms with van der Waals surface area (Å²) in [5, 5.41) is 1.02. The van der Waals surface area contributed by atoms with Gasteiger partial charge in [0.25, 0.3) is 0 Å². The van der Waals surface area contributed by atoms with Crippen LogP contribution in [0.3, 0.4) is 0 Å². The van der Waals surface area contributed by atoms with Crippen LogP contribution in [0, 0.1) is 0 Å². The van der Waals surface area contributed by atoms with Crippen LogP contribution in [-0.2, 0) is 0 Å². The maximum atomic E-state index is 4.56. The lowest BCUT2D eigenvalue weighted by Crippen LogP contribution is -2.00. The molecule has 4 heteroatoms. The second-order valence-electron chi connectivity index (χ2n) is 3.89. The van der Waals surface area contributed by atoms with Crippen LogP contribution in [0.15, 0.2) is 49.1 Å². The van der Waals surface area contributed by atoms with E-state index in [4.69, 9.17) is 0 Å². The molecule has 0 saturated carbocycles. The Balaban J connectivity index is 2.33. The lowest BCUT2D eigenvalue weighted by molar-refractivity contribution is 0.985. The van der Waals surface area contributed by atoms with Gasteiger partial charge in [-0.3, -0.25) is 4.57 Å². The van der Waals surface area contributed by atoms with Crippen LogP contribution in [-0.4, -0.2) is 19.5 Å². The Bertz CT molecular complexity index is 699. The SMILES string of the molecule is CC=Cc1nc(-n2ccnc2)c2ccccc2n1. The molecule has 0 saturated heterocycles. The fraction of sp³-hybridized carbons (Fsp3) is 0.0714. The number of fused-ring (bicyclic) bond motifs is 1. The summed E-state index contributed by atoms with van der Waals surface area (Å²) in [6.45, 7) is 1.95. The molecule has 18 heavy (non-hydrogen) atoms. The number of rotatable bonds is 2. The molecule has 0 N–H and O–H groups in total. The van der Waals surface area contributed by atoms with E-state index in [2.05, 4.69) is 15.0 Å². The van der Waals surface area contributed by atoms with E-state index in [1.807, 2.05) is 54.1 Å². The molecule has 4 nitrogen and oxygen atoms in total. The van der Waals surface area contributed by atoms with Crippen molar-refractivity contribution in [2.45, 2.75) is 6.92 Å². The van der Waals surface area contributed by atoms with E-state index in [9.17, 15) is 0 Å². The predicted octanol–water partition coefficient (Wildman–Crippen LogP) is 2.85. The number of hydrogen-bond donors (Lipinski definition) is 0. The third-order valence-electron chi connectivity index (χ3n) is 2.67. The van der Waals surface area contributed by atoms with E-state index in [0.29, 0.717) is 5.82 Å². The summed E-state index contributed by atoms with van der Waals surface area (Å²) in [6.07, 6.45) is 9.20. The molecule has 3 aromatic rings. The summed E-state index contributed by atoms with van der Waals surface area (Å²) in [4.78, 5) is 13.1. The molecule has 88 valence electrons. The first-order valence-electron chi connectivity index (χ1n) is 5.76. The van der Waals surface area contributed by atoms with Crippen LogP contribution < -0.4 is 0 Å². The lowest BCUT2D eigenvalue weighted by Gasteiger charge is -2.07. The van der Waals surface area contributed by atoms with Crippen LogP contribution in [0.5, 0.6) is 0 Å². The van der Waals surface area contributed by atoms with Crippen LogP contribution >= 0.6 is 0 Å². The molecule has 0 radical (unpaired) electrons. The molecule has 0 unspecified atom stereocenters. The predicted molar refractivity (Wildman–Crippen MR) is 71.4 cm³/mol. The van der Waals surface area contributed by atoms with Gasteiger partial charge in [-0.2, -0.15) is 0 Å². The van der Waals surface area contributed by atoms with Gasteiger partial charge in [0, 0.05) is 17.8 Å². The standard InChI is InChI=1S/C14H12N4/c1-2-5-13-16-12-7-4-3-6-11(12)14(17-13)18-9-8-15-10-18/h2-10H,1H3. The molecular formula is C14H12N4. The summed E-state index contributed by atoms with van der Waals surface area (Å²) in [5.41, 5.74) is 0.935. The second kappa shape index (κ2) is 4.41. The summed E-state index contributed by atoms with van der Waals surface area (Å²) in [6, 6.07) is 7.97. The fourth-order valence-electron chi connectivity index (χ4n) is 1.88. The van der Waals surface area contributed by atoms with Crippen LogP contribution in [0.1, 0.15) is 12.7 Å². The monoisotopic (exact) mass is 236 g/mol. The zero-order valence-electron chi connectivity index (χ0n) is 9.99. The van der Waals surface area contributed by atoms with Crippen molar-refractivity contribution in [3.05, 3.63) is 54.9 Å². The average Bonchev–Trinajstić information content (AvgIpc) is 2.92. The van der Waals surface area contributed by atoms with Gasteiger partial charge in [0.05, 0.1) is 5.52 Å². The van der Waals surface area contributed by atoms with E-state index in [1.165, 1.54) is 0 Å². The topological polar surface area (TPSA) is 43.6 Å². The maximum Gasteiger partial charge on any atom is 0.154 e. The minimum absolute atomic E-state index is 0.708. The highest BCUT2D eigenvalue weighted by Gasteiger charge is 2.07. The maximum absolute atomic E-state index is 4.56. The highest BCUT2D eigenvalue weighted by molar-refractivity contribution is 5.85. The Morgan fingerprint density at radius 3 is 2.83 bits per heavy atom. The van der Waals surface area contributed by atoms with Gasteiger partial charge in [0.2, 0.25) is 0 Å². The molecule has 2 heterocycles. The highest BCUT2D eigenvalue weighted by atomic mass is 15.1. The Hall–Kier alpha value is -2.49. The molecule has 0 aliphatic rings. The van der Waals surface area contributed by atoms with Gasteiger partial charge >= 0.3 is 0 Å². The smallest absolute Gasteiger partial charge is 0.154 e. The van der Waals surface area contributed by atoms with Crippen molar-refractivity contribution in [2.24, 2.45) is 0 Å². The van der Waals surface area contributed by atoms with Crippen molar-refractivity contribution in [3.8, 4) is 5.82 Å². The molecule has 0 aliphatic carbocycles. The Morgan fingerprint density at radius 1 is 1.17 bits per heavy atom. The second-order valence-corrected chi connectivity index (χ2v) is 3.89. The highest BCUT2D eigenvalue weighted by Crippen LogP contribution is 2.19. The van der Waals surface area contributed by atoms with Crippen molar-refractivity contribution in [3.63, 3.8) is 0 Å². The molecule has 0 amide bonds. The van der Waals surface area contributed by atoms with Crippen molar-refractivity contribution in [1.82, 2.24) is 19.5 Å². The number of hydrogen-bond acceptors (Lipinski definition) is 3. The molecule has 0 aliphatic heterocycles. The molecule has 3 rings (SSSR count). The molecule has 0 bridgehead atoms. The average molecular weight is 236 g/mol. The Morgan fingerprint density at radius 2 is 2.06 bits per heavy atom. The lowest BCUT2D eigenvalue weighted by atomic mass is 10.2. The number of allylic oxidation sites excluding steroid dienone is 1. The first kappa shape index (κ1) is 10.7. The summed E-state index contributed by atoms with van der Waals surface area (Å²) in [5.74, 6) is 1.56. The normalized spacial score (nSPS) is 11.4. The van der Waals surface area contributed by atoms with Crippen molar-refractivity contribution >= 4 is 17.0 Å². The minimum Gasteiger partial charge on any atom is -0.290 e. The molecule has 1 aromatic carbocycles. The zero-order chi connectivity index (χ0) is 12.4. The van der Waals surface area contributed by atoms with E-state index < -0.39 is 0 Å². The van der Waals surface area contributed by atoms with Gasteiger partial charge in [-0.25, -0.2) is 15.0 Å². The molecule has 0 atom stereocenters. The van der Waals surface area contributed by atoms with E-state index >= 15 is 0 Å². The molecular weight excluding hydrogens is 224 g/mol. The third kappa shape index (κ3) is 1.78. The Labute approximate surface area is 105 Å². The number of aromatic nitrogens is 4. The number of para-hydroxylation sites is 1. The summed E-state index contributed by atoms with van der Waals surface area (Å²) >= 11 is 0. The minimum atomic E-state index is 0.708. The summed E-state index contributed by atoms with van der Waals surface area (Å²) in [7, 11) is 0. The van der Waals surface area contributed by atoms with E-state index in [0.717, 1.165) is 16.7 Å². The van der Waals surface area contributed by atoms with Gasteiger partial charge in [0.1, 0.15) is 12.1 Å². The van der Waals surface area contributed by atoms with Gasteiger partial charge < -0.3 is 0 Å².